The fourth-order valence-corrected chi connectivity index (χ4v) is 3.43. The van der Waals surface area contributed by atoms with Crippen molar-refractivity contribution in [2.45, 2.75) is 46.6 Å². The van der Waals surface area contributed by atoms with Gasteiger partial charge in [0, 0.05) is 24.5 Å². The van der Waals surface area contributed by atoms with Crippen molar-refractivity contribution in [3.63, 3.8) is 0 Å². The van der Waals surface area contributed by atoms with E-state index in [1.165, 1.54) is 6.42 Å². The minimum Gasteiger partial charge on any atom is -0.398 e. The third-order valence-corrected chi connectivity index (χ3v) is 4.62. The number of carbonyl (C=O) groups is 1. The van der Waals surface area contributed by atoms with Crippen molar-refractivity contribution in [2.75, 3.05) is 24.1 Å². The van der Waals surface area contributed by atoms with Gasteiger partial charge in [0.15, 0.2) is 0 Å². The van der Waals surface area contributed by atoms with E-state index in [9.17, 15) is 4.79 Å². The number of nitrogen functional groups attached to an aromatic ring is 1. The lowest BCUT2D eigenvalue weighted by atomic mass is 9.91. The Morgan fingerprint density at radius 3 is 2.55 bits per heavy atom. The van der Waals surface area contributed by atoms with Crippen LogP contribution in [0.4, 0.5) is 11.4 Å². The average molecular weight is 303 g/mol. The van der Waals surface area contributed by atoms with Crippen molar-refractivity contribution in [3.05, 3.63) is 23.8 Å². The Hall–Kier alpha value is -1.55. The first kappa shape index (κ1) is 16.8. The molecule has 1 aromatic carbocycles. The molecule has 2 rings (SSSR count). The van der Waals surface area contributed by atoms with E-state index in [-0.39, 0.29) is 11.9 Å². The molecule has 22 heavy (non-hydrogen) atoms. The number of likely N-dealkylation sites (tertiary alicyclic amines) is 1. The molecule has 4 nitrogen and oxygen atoms in total. The Morgan fingerprint density at radius 2 is 2.00 bits per heavy atom. The summed E-state index contributed by atoms with van der Waals surface area (Å²) < 4.78 is 0. The molecule has 0 saturated carbocycles. The highest BCUT2D eigenvalue weighted by Gasteiger charge is 2.28. The second-order valence-electron chi connectivity index (χ2n) is 6.83. The quantitative estimate of drug-likeness (QED) is 0.840. The number of hydrogen-bond acceptors (Lipinski definition) is 3. The van der Waals surface area contributed by atoms with Crippen LogP contribution in [-0.4, -0.2) is 29.9 Å². The van der Waals surface area contributed by atoms with E-state index in [4.69, 9.17) is 5.73 Å². The van der Waals surface area contributed by atoms with Crippen molar-refractivity contribution >= 4 is 17.3 Å². The highest BCUT2D eigenvalue weighted by molar-refractivity contribution is 5.95. The molecule has 1 aliphatic rings. The predicted molar refractivity (Wildman–Crippen MR) is 92.8 cm³/mol. The Labute approximate surface area is 134 Å². The monoisotopic (exact) mass is 303 g/mol. The molecule has 0 radical (unpaired) electrons. The van der Waals surface area contributed by atoms with Gasteiger partial charge in [0.05, 0.1) is 6.04 Å². The fraction of sp³-hybridized carbons (Fsp3) is 0.611. The summed E-state index contributed by atoms with van der Waals surface area (Å²) in [7, 11) is 0. The number of amides is 1. The number of anilines is 2. The van der Waals surface area contributed by atoms with E-state index in [0.29, 0.717) is 11.8 Å². The van der Waals surface area contributed by atoms with Crippen LogP contribution >= 0.6 is 0 Å². The van der Waals surface area contributed by atoms with Crippen molar-refractivity contribution < 1.29 is 4.79 Å². The minimum absolute atomic E-state index is 0.0462. The van der Waals surface area contributed by atoms with Crippen LogP contribution in [0.1, 0.15) is 39.7 Å². The molecule has 122 valence electrons. The molecule has 4 heteroatoms. The summed E-state index contributed by atoms with van der Waals surface area (Å²) in [6.45, 7) is 10.6. The second kappa shape index (κ2) is 7.14. The standard InChI is InChI=1S/C18H29N3O/c1-5-15-6-7-16(9-17(15)19)20-18(22)14(4)21-10-12(2)8-13(3)11-21/h6-7,9,12-14H,5,8,10-11,19H2,1-4H3,(H,20,22). The van der Waals surface area contributed by atoms with Gasteiger partial charge in [0.25, 0.3) is 0 Å². The lowest BCUT2D eigenvalue weighted by Crippen LogP contribution is -2.48. The Bertz CT molecular complexity index is 519. The van der Waals surface area contributed by atoms with E-state index >= 15 is 0 Å². The minimum atomic E-state index is -0.114. The van der Waals surface area contributed by atoms with Crippen LogP contribution in [-0.2, 0) is 11.2 Å². The number of piperidine rings is 1. The maximum atomic E-state index is 12.5. The first-order valence-corrected chi connectivity index (χ1v) is 8.34. The number of hydrogen-bond donors (Lipinski definition) is 2. The summed E-state index contributed by atoms with van der Waals surface area (Å²) >= 11 is 0. The highest BCUT2D eigenvalue weighted by atomic mass is 16.2. The molecule has 3 unspecified atom stereocenters. The summed E-state index contributed by atoms with van der Waals surface area (Å²) in [5.74, 6) is 1.35. The second-order valence-corrected chi connectivity index (χ2v) is 6.83. The van der Waals surface area contributed by atoms with Crippen molar-refractivity contribution in [1.82, 2.24) is 4.90 Å². The zero-order valence-corrected chi connectivity index (χ0v) is 14.2. The summed E-state index contributed by atoms with van der Waals surface area (Å²) in [6, 6.07) is 5.66. The van der Waals surface area contributed by atoms with E-state index < -0.39 is 0 Å². The summed E-state index contributed by atoms with van der Waals surface area (Å²) in [5.41, 5.74) is 8.64. The summed E-state index contributed by atoms with van der Waals surface area (Å²) in [5, 5.41) is 3.00. The van der Waals surface area contributed by atoms with Gasteiger partial charge in [-0.05, 0) is 49.3 Å². The number of nitrogens with two attached hydrogens (primary N) is 1. The number of rotatable bonds is 4. The van der Waals surface area contributed by atoms with Gasteiger partial charge in [-0.25, -0.2) is 0 Å². The first-order valence-electron chi connectivity index (χ1n) is 8.34. The highest BCUT2D eigenvalue weighted by Crippen LogP contribution is 2.23. The van der Waals surface area contributed by atoms with Crippen LogP contribution in [0.15, 0.2) is 18.2 Å². The summed E-state index contributed by atoms with van der Waals surface area (Å²) in [4.78, 5) is 14.8. The molecule has 1 saturated heterocycles. The smallest absolute Gasteiger partial charge is 0.241 e. The van der Waals surface area contributed by atoms with Gasteiger partial charge in [-0.3, -0.25) is 9.69 Å². The van der Waals surface area contributed by atoms with Crippen molar-refractivity contribution in [1.29, 1.82) is 0 Å². The van der Waals surface area contributed by atoms with Crippen molar-refractivity contribution in [2.24, 2.45) is 11.8 Å². The molecular weight excluding hydrogens is 274 g/mol. The predicted octanol–water partition coefficient (Wildman–Crippen LogP) is 3.14. The van der Waals surface area contributed by atoms with Gasteiger partial charge in [-0.15, -0.1) is 0 Å². The number of carbonyl (C=O) groups excluding carboxylic acids is 1. The number of aryl methyl sites for hydroxylation is 1. The molecule has 1 aliphatic heterocycles. The van der Waals surface area contributed by atoms with Gasteiger partial charge in [0.2, 0.25) is 5.91 Å². The van der Waals surface area contributed by atoms with Gasteiger partial charge in [-0.2, -0.15) is 0 Å². The molecule has 1 heterocycles. The third-order valence-electron chi connectivity index (χ3n) is 4.62. The Morgan fingerprint density at radius 1 is 1.36 bits per heavy atom. The zero-order chi connectivity index (χ0) is 16.3. The van der Waals surface area contributed by atoms with Crippen LogP contribution in [0.5, 0.6) is 0 Å². The van der Waals surface area contributed by atoms with Crippen LogP contribution in [0, 0.1) is 11.8 Å². The lowest BCUT2D eigenvalue weighted by molar-refractivity contribution is -0.121. The van der Waals surface area contributed by atoms with Gasteiger partial charge in [-0.1, -0.05) is 26.8 Å². The molecular formula is C18H29N3O. The SMILES string of the molecule is CCc1ccc(NC(=O)C(C)N2CC(C)CC(C)C2)cc1N. The zero-order valence-electron chi connectivity index (χ0n) is 14.2. The molecule has 3 atom stereocenters. The van der Waals surface area contributed by atoms with Crippen LogP contribution in [0.2, 0.25) is 0 Å². The normalized spacial score (nSPS) is 24.0. The summed E-state index contributed by atoms with van der Waals surface area (Å²) in [6.07, 6.45) is 2.15. The number of benzene rings is 1. The molecule has 1 fully saturated rings. The van der Waals surface area contributed by atoms with Crippen molar-refractivity contribution in [3.8, 4) is 0 Å². The van der Waals surface area contributed by atoms with E-state index in [0.717, 1.165) is 36.4 Å². The number of nitrogens with zero attached hydrogens (tertiary/aromatic N) is 1. The Kier molecular flexibility index (Phi) is 5.46. The molecule has 0 aliphatic carbocycles. The number of nitrogens with one attached hydrogen (secondary N) is 1. The first-order chi connectivity index (χ1) is 10.4. The lowest BCUT2D eigenvalue weighted by Gasteiger charge is -2.38. The third kappa shape index (κ3) is 4.01. The maximum absolute atomic E-state index is 12.5. The molecule has 1 aromatic rings. The van der Waals surface area contributed by atoms with Gasteiger partial charge in [0.1, 0.15) is 0 Å². The molecule has 0 spiro atoms. The molecule has 0 bridgehead atoms. The molecule has 0 aromatic heterocycles. The molecule has 3 N–H and O–H groups in total. The van der Waals surface area contributed by atoms with E-state index in [1.54, 1.807) is 0 Å². The van der Waals surface area contributed by atoms with Crippen LogP contribution in [0.3, 0.4) is 0 Å². The van der Waals surface area contributed by atoms with Gasteiger partial charge >= 0.3 is 0 Å². The largest absolute Gasteiger partial charge is 0.398 e. The van der Waals surface area contributed by atoms with E-state index in [1.807, 2.05) is 25.1 Å². The Balaban J connectivity index is 2.00. The average Bonchev–Trinajstić information content (AvgIpc) is 2.45. The van der Waals surface area contributed by atoms with Crippen LogP contribution < -0.4 is 11.1 Å². The fourth-order valence-electron chi connectivity index (χ4n) is 3.43. The van der Waals surface area contributed by atoms with Gasteiger partial charge < -0.3 is 11.1 Å². The van der Waals surface area contributed by atoms with Crippen LogP contribution in [0.25, 0.3) is 0 Å². The van der Waals surface area contributed by atoms with E-state index in [2.05, 4.69) is 31.0 Å². The molecule has 1 amide bonds. The topological polar surface area (TPSA) is 58.4 Å². The maximum Gasteiger partial charge on any atom is 0.241 e.